The Morgan fingerprint density at radius 2 is 1.84 bits per heavy atom. The van der Waals surface area contributed by atoms with Crippen LogP contribution in [-0.4, -0.2) is 23.5 Å². The first-order valence-corrected chi connectivity index (χ1v) is 8.92. The third kappa shape index (κ3) is 8.35. The minimum atomic E-state index is -0.734. The molecule has 0 spiro atoms. The zero-order chi connectivity index (χ0) is 18.7. The fourth-order valence-corrected chi connectivity index (χ4v) is 2.75. The largest absolute Gasteiger partial charge is 0.481 e. The van der Waals surface area contributed by atoms with E-state index in [2.05, 4.69) is 11.4 Å². The van der Waals surface area contributed by atoms with Gasteiger partial charge in [0, 0.05) is 13.0 Å². The molecule has 25 heavy (non-hydrogen) atoms. The molecule has 0 saturated carbocycles. The number of hydrogen-bond donors (Lipinski definition) is 2. The van der Waals surface area contributed by atoms with Crippen LogP contribution in [0, 0.1) is 23.2 Å². The van der Waals surface area contributed by atoms with E-state index >= 15 is 0 Å². The van der Waals surface area contributed by atoms with E-state index in [1.165, 1.54) is 0 Å². The molecule has 2 N–H and O–H groups in total. The average Bonchev–Trinajstić information content (AvgIpc) is 2.57. The van der Waals surface area contributed by atoms with Crippen molar-refractivity contribution in [2.75, 3.05) is 6.54 Å². The summed E-state index contributed by atoms with van der Waals surface area (Å²) in [6, 6.07) is 9.50. The van der Waals surface area contributed by atoms with Crippen molar-refractivity contribution in [1.29, 1.82) is 5.26 Å². The van der Waals surface area contributed by atoms with E-state index in [9.17, 15) is 9.59 Å². The zero-order valence-corrected chi connectivity index (χ0v) is 15.1. The number of hydrogen-bond acceptors (Lipinski definition) is 3. The normalized spacial score (nSPS) is 11.8. The Kier molecular flexibility index (Phi) is 9.31. The van der Waals surface area contributed by atoms with Gasteiger partial charge in [-0.25, -0.2) is 0 Å². The van der Waals surface area contributed by atoms with E-state index in [0.717, 1.165) is 31.2 Å². The molecule has 0 aliphatic heterocycles. The molecule has 136 valence electrons. The van der Waals surface area contributed by atoms with Crippen molar-refractivity contribution >= 4 is 11.9 Å². The predicted octanol–water partition coefficient (Wildman–Crippen LogP) is 3.52. The molecule has 0 radical (unpaired) electrons. The van der Waals surface area contributed by atoms with Gasteiger partial charge < -0.3 is 10.4 Å². The molecule has 5 heteroatoms. The van der Waals surface area contributed by atoms with Gasteiger partial charge in [-0.3, -0.25) is 9.59 Å². The lowest BCUT2D eigenvalue weighted by atomic mass is 9.91. The number of nitriles is 1. The quantitative estimate of drug-likeness (QED) is 0.601. The molecule has 0 bridgehead atoms. The molecule has 1 aromatic rings. The molecule has 0 aliphatic rings. The number of aryl methyl sites for hydroxylation is 1. The lowest BCUT2D eigenvalue weighted by Crippen LogP contribution is -2.25. The highest BCUT2D eigenvalue weighted by Crippen LogP contribution is 2.18. The lowest BCUT2D eigenvalue weighted by Gasteiger charge is -2.15. The van der Waals surface area contributed by atoms with Gasteiger partial charge in [-0.1, -0.05) is 32.4 Å². The fraction of sp³-hybridized carbons (Fsp3) is 0.550. The minimum absolute atomic E-state index is 0.0345. The number of nitrogens with zero attached hydrogens (tertiary/aromatic N) is 1. The van der Waals surface area contributed by atoms with Gasteiger partial charge in [0.25, 0.3) is 0 Å². The number of aliphatic carboxylic acids is 1. The van der Waals surface area contributed by atoms with E-state index in [1.54, 1.807) is 12.1 Å². The van der Waals surface area contributed by atoms with E-state index in [0.29, 0.717) is 24.9 Å². The van der Waals surface area contributed by atoms with Crippen molar-refractivity contribution in [3.05, 3.63) is 35.4 Å². The van der Waals surface area contributed by atoms with Gasteiger partial charge in [0.2, 0.25) is 5.91 Å². The number of amides is 1. The topological polar surface area (TPSA) is 90.2 Å². The second kappa shape index (κ2) is 11.2. The third-order valence-corrected chi connectivity index (χ3v) is 4.34. The van der Waals surface area contributed by atoms with Crippen LogP contribution < -0.4 is 5.32 Å². The number of carboxylic acids is 1. The summed E-state index contributed by atoms with van der Waals surface area (Å²) < 4.78 is 0. The van der Waals surface area contributed by atoms with Crippen molar-refractivity contribution in [2.24, 2.45) is 11.8 Å². The lowest BCUT2D eigenvalue weighted by molar-refractivity contribution is -0.143. The van der Waals surface area contributed by atoms with Crippen LogP contribution in [0.15, 0.2) is 24.3 Å². The summed E-state index contributed by atoms with van der Waals surface area (Å²) in [5.74, 6) is -0.869. The molecule has 1 amide bonds. The Morgan fingerprint density at radius 3 is 2.40 bits per heavy atom. The second-order valence-corrected chi connectivity index (χ2v) is 6.70. The van der Waals surface area contributed by atoms with Crippen molar-refractivity contribution in [3.8, 4) is 6.07 Å². The fourth-order valence-electron chi connectivity index (χ4n) is 2.75. The Hall–Kier alpha value is -2.35. The summed E-state index contributed by atoms with van der Waals surface area (Å²) >= 11 is 0. The van der Waals surface area contributed by atoms with Gasteiger partial charge >= 0.3 is 5.97 Å². The van der Waals surface area contributed by atoms with Gasteiger partial charge in [0.1, 0.15) is 0 Å². The molecule has 1 atom stereocenters. The number of unbranched alkanes of at least 4 members (excludes halogenated alkanes) is 1. The van der Waals surface area contributed by atoms with Crippen molar-refractivity contribution in [1.82, 2.24) is 5.32 Å². The molecule has 1 rings (SSSR count). The standard InChI is InChI=1S/C20H28N2O3/c1-15(2)18(20(24)25)7-3-4-13-22-19(23)8-5-6-16-9-11-17(14-21)12-10-16/h9-12,15,18H,3-8,13H2,1-2H3,(H,22,23)(H,24,25). The van der Waals surface area contributed by atoms with Crippen LogP contribution in [0.1, 0.15) is 57.1 Å². The van der Waals surface area contributed by atoms with Gasteiger partial charge in [0.15, 0.2) is 0 Å². The van der Waals surface area contributed by atoms with E-state index < -0.39 is 5.97 Å². The van der Waals surface area contributed by atoms with E-state index in [4.69, 9.17) is 10.4 Å². The third-order valence-electron chi connectivity index (χ3n) is 4.34. The van der Waals surface area contributed by atoms with Crippen LogP contribution >= 0.6 is 0 Å². The van der Waals surface area contributed by atoms with Crippen LogP contribution in [0.5, 0.6) is 0 Å². The van der Waals surface area contributed by atoms with Crippen molar-refractivity contribution in [3.63, 3.8) is 0 Å². The minimum Gasteiger partial charge on any atom is -0.481 e. The van der Waals surface area contributed by atoms with E-state index in [-0.39, 0.29) is 17.7 Å². The van der Waals surface area contributed by atoms with Crippen molar-refractivity contribution < 1.29 is 14.7 Å². The second-order valence-electron chi connectivity index (χ2n) is 6.70. The molecule has 0 aliphatic carbocycles. The zero-order valence-electron chi connectivity index (χ0n) is 15.1. The van der Waals surface area contributed by atoms with Gasteiger partial charge in [-0.2, -0.15) is 5.26 Å². The number of nitrogens with one attached hydrogen (secondary N) is 1. The first kappa shape index (κ1) is 20.7. The summed E-state index contributed by atoms with van der Waals surface area (Å²) in [6.07, 6.45) is 4.32. The highest BCUT2D eigenvalue weighted by Gasteiger charge is 2.20. The van der Waals surface area contributed by atoms with Gasteiger partial charge in [0.05, 0.1) is 17.6 Å². The summed E-state index contributed by atoms with van der Waals surface area (Å²) in [7, 11) is 0. The summed E-state index contributed by atoms with van der Waals surface area (Å²) in [5, 5.41) is 20.8. The monoisotopic (exact) mass is 344 g/mol. The number of carboxylic acid groups (broad SMARTS) is 1. The van der Waals surface area contributed by atoms with E-state index in [1.807, 2.05) is 26.0 Å². The molecule has 5 nitrogen and oxygen atoms in total. The van der Waals surface area contributed by atoms with Gasteiger partial charge in [-0.15, -0.1) is 0 Å². The first-order chi connectivity index (χ1) is 11.9. The Morgan fingerprint density at radius 1 is 1.16 bits per heavy atom. The molecule has 1 unspecified atom stereocenters. The van der Waals surface area contributed by atoms with Crippen molar-refractivity contribution in [2.45, 2.75) is 52.4 Å². The molecule has 1 aromatic carbocycles. The number of carbonyl (C=O) groups is 2. The predicted molar refractivity (Wildman–Crippen MR) is 96.9 cm³/mol. The highest BCUT2D eigenvalue weighted by atomic mass is 16.4. The number of rotatable bonds is 11. The molecule has 0 heterocycles. The summed E-state index contributed by atoms with van der Waals surface area (Å²) in [5.41, 5.74) is 1.77. The summed E-state index contributed by atoms with van der Waals surface area (Å²) in [6.45, 7) is 4.45. The smallest absolute Gasteiger partial charge is 0.306 e. The molecular weight excluding hydrogens is 316 g/mol. The number of benzene rings is 1. The molecule has 0 aromatic heterocycles. The first-order valence-electron chi connectivity index (χ1n) is 8.92. The maximum Gasteiger partial charge on any atom is 0.306 e. The van der Waals surface area contributed by atoms with Crippen LogP contribution in [0.4, 0.5) is 0 Å². The summed E-state index contributed by atoms with van der Waals surface area (Å²) in [4.78, 5) is 22.9. The maximum absolute atomic E-state index is 11.8. The maximum atomic E-state index is 11.8. The SMILES string of the molecule is CC(C)C(CCCCNC(=O)CCCc1ccc(C#N)cc1)C(=O)O. The van der Waals surface area contributed by atoms with Gasteiger partial charge in [-0.05, 0) is 49.3 Å². The Labute approximate surface area is 150 Å². The molecular formula is C20H28N2O3. The number of carbonyl (C=O) groups excluding carboxylic acids is 1. The Balaban J connectivity index is 2.12. The Bertz CT molecular complexity index is 588. The van der Waals surface area contributed by atoms with Crippen LogP contribution in [0.2, 0.25) is 0 Å². The molecule has 0 saturated heterocycles. The van der Waals surface area contributed by atoms with Crippen LogP contribution in [0.3, 0.4) is 0 Å². The average molecular weight is 344 g/mol. The van der Waals surface area contributed by atoms with Crippen LogP contribution in [0.25, 0.3) is 0 Å². The molecule has 0 fully saturated rings. The highest BCUT2D eigenvalue weighted by molar-refractivity contribution is 5.75. The van der Waals surface area contributed by atoms with Crippen LogP contribution in [-0.2, 0) is 16.0 Å².